The average Bonchev–Trinajstić information content (AvgIpc) is 3.41. The molecule has 0 saturated heterocycles. The molecule has 45 heavy (non-hydrogen) atoms. The molecule has 1 aliphatic rings. The maximum atomic E-state index is 14.3. The lowest BCUT2D eigenvalue weighted by atomic mass is 9.91. The molecule has 10 heteroatoms. The minimum atomic E-state index is -4.64. The van der Waals surface area contributed by atoms with Crippen LogP contribution < -0.4 is 15.8 Å². The quantitative estimate of drug-likeness (QED) is 0.158. The van der Waals surface area contributed by atoms with Gasteiger partial charge < -0.3 is 15.0 Å². The third kappa shape index (κ3) is 5.55. The second kappa shape index (κ2) is 12.0. The molecule has 0 saturated carbocycles. The molecule has 4 aromatic carbocycles. The lowest BCUT2D eigenvalue weighted by Crippen LogP contribution is -2.31. The number of fused-ring (bicyclic) bond motifs is 2. The van der Waals surface area contributed by atoms with Crippen molar-refractivity contribution in [3.05, 3.63) is 130 Å². The Balaban J connectivity index is 1.70. The van der Waals surface area contributed by atoms with Crippen LogP contribution in [-0.4, -0.2) is 30.6 Å². The fourth-order valence-corrected chi connectivity index (χ4v) is 6.14. The Morgan fingerprint density at radius 1 is 0.978 bits per heavy atom. The van der Waals surface area contributed by atoms with Gasteiger partial charge in [0.05, 0.1) is 19.2 Å². The number of ether oxygens (including phenoxy) is 1. The van der Waals surface area contributed by atoms with Crippen molar-refractivity contribution in [3.8, 4) is 11.1 Å². The Hall–Kier alpha value is -5.38. The molecule has 0 spiro atoms. The van der Waals surface area contributed by atoms with Gasteiger partial charge in [0.1, 0.15) is 11.5 Å². The van der Waals surface area contributed by atoms with E-state index in [1.54, 1.807) is 6.07 Å². The molecule has 6 rings (SSSR count). The van der Waals surface area contributed by atoms with E-state index in [-0.39, 0.29) is 36.6 Å². The fraction of sp³-hybridized carbons (Fsp3) is 0.171. The number of aromatic nitrogens is 1. The summed E-state index contributed by atoms with van der Waals surface area (Å²) < 4.78 is 48.4. The maximum Gasteiger partial charge on any atom is 0.416 e. The number of pyridine rings is 1. The predicted molar refractivity (Wildman–Crippen MR) is 166 cm³/mol. The van der Waals surface area contributed by atoms with E-state index in [9.17, 15) is 27.6 Å². The van der Waals surface area contributed by atoms with Gasteiger partial charge in [0.15, 0.2) is 6.04 Å². The number of hydrogen-bond acceptors (Lipinski definition) is 5. The molecule has 7 nitrogen and oxygen atoms in total. The van der Waals surface area contributed by atoms with E-state index in [4.69, 9.17) is 4.74 Å². The van der Waals surface area contributed by atoms with Gasteiger partial charge in [-0.2, -0.15) is 13.2 Å². The molecular weight excluding hydrogens is 583 g/mol. The molecule has 1 aromatic heterocycles. The summed E-state index contributed by atoms with van der Waals surface area (Å²) in [5.41, 5.74) is 0.834. The Morgan fingerprint density at radius 2 is 1.69 bits per heavy atom. The molecule has 5 aromatic rings. The first-order valence-corrected chi connectivity index (χ1v) is 14.2. The van der Waals surface area contributed by atoms with Crippen molar-refractivity contribution in [1.29, 1.82) is 0 Å². The normalized spacial score (nSPS) is 14.3. The smallest absolute Gasteiger partial charge is 0.416 e. The number of methoxy groups -OCH3 is 1. The number of anilines is 2. The van der Waals surface area contributed by atoms with Crippen LogP contribution >= 0.6 is 0 Å². The van der Waals surface area contributed by atoms with Gasteiger partial charge in [0.25, 0.3) is 5.56 Å². The number of nitrogens with one attached hydrogen (secondary N) is 1. The average molecular weight is 612 g/mol. The number of hydrogen-bond donors (Lipinski definition) is 1. The number of carbonyl (C=O) groups is 2. The summed E-state index contributed by atoms with van der Waals surface area (Å²) in [4.78, 5) is 41.2. The lowest BCUT2D eigenvalue weighted by molar-refractivity contribution is -0.144. The van der Waals surface area contributed by atoms with Crippen LogP contribution in [0.1, 0.15) is 28.3 Å². The molecule has 1 atom stereocenters. The minimum Gasteiger partial charge on any atom is -0.467 e. The SMILES string of the molecule is COC(=O)C1CN(Cc2ccccc2)c2c(-c3cccc(C(F)(F)F)c3)c(Cc3cccc4ccccc34)c(NC=O)c(=O)n21. The summed E-state index contributed by atoms with van der Waals surface area (Å²) in [6.07, 6.45) is -4.17. The van der Waals surface area contributed by atoms with Crippen LogP contribution in [0.2, 0.25) is 0 Å². The van der Waals surface area contributed by atoms with E-state index < -0.39 is 29.3 Å². The van der Waals surface area contributed by atoms with E-state index in [0.717, 1.165) is 34.0 Å². The molecule has 1 unspecified atom stereocenters. The van der Waals surface area contributed by atoms with E-state index >= 15 is 0 Å². The van der Waals surface area contributed by atoms with E-state index in [1.807, 2.05) is 77.7 Å². The number of rotatable bonds is 8. The van der Waals surface area contributed by atoms with Gasteiger partial charge in [-0.05, 0) is 45.2 Å². The monoisotopic (exact) mass is 611 g/mol. The van der Waals surface area contributed by atoms with Crippen molar-refractivity contribution < 1.29 is 27.5 Å². The molecule has 1 amide bonds. The molecular formula is C35H28F3N3O4. The van der Waals surface area contributed by atoms with Gasteiger partial charge >= 0.3 is 12.1 Å². The predicted octanol–water partition coefficient (Wildman–Crippen LogP) is 6.58. The van der Waals surface area contributed by atoms with Gasteiger partial charge in [0.2, 0.25) is 6.41 Å². The van der Waals surface area contributed by atoms with Crippen molar-refractivity contribution in [2.45, 2.75) is 25.2 Å². The first-order chi connectivity index (χ1) is 21.7. The van der Waals surface area contributed by atoms with Crippen LogP contribution in [0.4, 0.5) is 24.7 Å². The Kier molecular flexibility index (Phi) is 7.88. The number of esters is 1. The third-order valence-corrected chi connectivity index (χ3v) is 8.11. The molecule has 228 valence electrons. The second-order valence-corrected chi connectivity index (χ2v) is 10.8. The van der Waals surface area contributed by atoms with Crippen LogP contribution in [0.25, 0.3) is 21.9 Å². The zero-order valence-electron chi connectivity index (χ0n) is 24.2. The molecule has 0 aliphatic carbocycles. The van der Waals surface area contributed by atoms with E-state index in [0.29, 0.717) is 17.5 Å². The number of nitrogens with zero attached hydrogens (tertiary/aromatic N) is 2. The van der Waals surface area contributed by atoms with Gasteiger partial charge in [0, 0.05) is 18.5 Å². The molecule has 0 fully saturated rings. The van der Waals surface area contributed by atoms with Crippen LogP contribution in [-0.2, 0) is 33.5 Å². The van der Waals surface area contributed by atoms with Crippen molar-refractivity contribution in [2.75, 3.05) is 23.9 Å². The fourth-order valence-electron chi connectivity index (χ4n) is 6.14. The number of alkyl halides is 3. The molecule has 0 radical (unpaired) electrons. The minimum absolute atomic E-state index is 0.0288. The maximum absolute atomic E-state index is 14.3. The highest BCUT2D eigenvalue weighted by atomic mass is 19.4. The first-order valence-electron chi connectivity index (χ1n) is 14.2. The number of amides is 1. The van der Waals surface area contributed by atoms with Gasteiger partial charge in [-0.3, -0.25) is 14.2 Å². The second-order valence-electron chi connectivity index (χ2n) is 10.8. The highest BCUT2D eigenvalue weighted by molar-refractivity contribution is 5.92. The standard InChI is InChI=1S/C35H28F3N3O4/c1-45-34(44)29-20-40(19-22-9-3-2-4-10-22)32-30(25-14-8-15-26(17-25)35(36,37)38)28(31(39-21-42)33(43)41(29)32)18-24-13-7-12-23-11-5-6-16-27(23)24/h2-17,21,29H,18-20H2,1H3,(H,39,42). The van der Waals surface area contributed by atoms with Crippen LogP contribution in [0.3, 0.4) is 0 Å². The third-order valence-electron chi connectivity index (χ3n) is 8.11. The highest BCUT2D eigenvalue weighted by Gasteiger charge is 2.40. The topological polar surface area (TPSA) is 80.6 Å². The van der Waals surface area contributed by atoms with Crippen molar-refractivity contribution in [1.82, 2.24) is 4.57 Å². The zero-order chi connectivity index (χ0) is 31.7. The van der Waals surface area contributed by atoms with Crippen LogP contribution in [0, 0.1) is 0 Å². The zero-order valence-corrected chi connectivity index (χ0v) is 24.2. The van der Waals surface area contributed by atoms with E-state index in [1.165, 1.54) is 17.7 Å². The summed E-state index contributed by atoms with van der Waals surface area (Å²) in [6, 6.07) is 26.4. The van der Waals surface area contributed by atoms with Gasteiger partial charge in [-0.1, -0.05) is 84.9 Å². The molecule has 1 aliphatic heterocycles. The first kappa shape index (κ1) is 29.7. The van der Waals surface area contributed by atoms with Crippen LogP contribution in [0.15, 0.2) is 102 Å². The summed E-state index contributed by atoms with van der Waals surface area (Å²) >= 11 is 0. The van der Waals surface area contributed by atoms with Crippen molar-refractivity contribution in [3.63, 3.8) is 0 Å². The summed E-state index contributed by atoms with van der Waals surface area (Å²) in [6.45, 7) is 0.287. The number of benzene rings is 4. The Morgan fingerprint density at radius 3 is 2.42 bits per heavy atom. The van der Waals surface area contributed by atoms with Crippen molar-refractivity contribution in [2.24, 2.45) is 0 Å². The molecule has 0 bridgehead atoms. The summed E-state index contributed by atoms with van der Waals surface area (Å²) in [5.74, 6) is -0.423. The summed E-state index contributed by atoms with van der Waals surface area (Å²) in [7, 11) is 1.21. The van der Waals surface area contributed by atoms with E-state index in [2.05, 4.69) is 5.32 Å². The lowest BCUT2D eigenvalue weighted by Gasteiger charge is -2.26. The van der Waals surface area contributed by atoms with Crippen molar-refractivity contribution >= 4 is 34.7 Å². The van der Waals surface area contributed by atoms with Gasteiger partial charge in [-0.15, -0.1) is 0 Å². The highest BCUT2D eigenvalue weighted by Crippen LogP contribution is 2.44. The Labute approximate surface area is 256 Å². The summed E-state index contributed by atoms with van der Waals surface area (Å²) in [5, 5.41) is 4.36. The van der Waals surface area contributed by atoms with Gasteiger partial charge in [-0.25, -0.2) is 4.79 Å². The largest absolute Gasteiger partial charge is 0.467 e. The molecule has 1 N–H and O–H groups in total. The number of carbonyl (C=O) groups excluding carboxylic acids is 2. The van der Waals surface area contributed by atoms with Crippen LogP contribution in [0.5, 0.6) is 0 Å². The number of halogens is 3. The Bertz CT molecular complexity index is 1970. The molecule has 2 heterocycles.